The Morgan fingerprint density at radius 2 is 2.37 bits per heavy atom. The molecule has 0 unspecified atom stereocenters. The molecule has 0 aliphatic rings. The van der Waals surface area contributed by atoms with Crippen molar-refractivity contribution >= 4 is 17.3 Å². The van der Waals surface area contributed by atoms with Crippen LogP contribution in [0, 0.1) is 6.92 Å². The Bertz CT molecular complexity index is 515. The molecule has 2 N–H and O–H groups in total. The van der Waals surface area contributed by atoms with E-state index in [1.54, 1.807) is 24.6 Å². The molecule has 0 atom stereocenters. The van der Waals surface area contributed by atoms with E-state index in [1.165, 1.54) is 10.4 Å². The molecule has 0 fully saturated rings. The number of guanidine groups is 1. The van der Waals surface area contributed by atoms with E-state index >= 15 is 0 Å². The van der Waals surface area contributed by atoms with Crippen LogP contribution in [0.3, 0.4) is 0 Å². The highest BCUT2D eigenvalue weighted by Crippen LogP contribution is 2.14. The summed E-state index contributed by atoms with van der Waals surface area (Å²) in [5.74, 6) is 0.819. The van der Waals surface area contributed by atoms with Crippen molar-refractivity contribution in [2.45, 2.75) is 20.0 Å². The van der Waals surface area contributed by atoms with Crippen LogP contribution < -0.4 is 10.6 Å². The molecule has 0 amide bonds. The van der Waals surface area contributed by atoms with Crippen molar-refractivity contribution in [3.8, 4) is 0 Å². The van der Waals surface area contributed by atoms with Crippen molar-refractivity contribution in [2.24, 2.45) is 4.99 Å². The molecule has 2 rings (SSSR count). The minimum absolute atomic E-state index is 0.796. The van der Waals surface area contributed by atoms with E-state index in [9.17, 15) is 0 Å². The Morgan fingerprint density at radius 3 is 3.00 bits per heavy atom. The molecular weight excluding hydrogens is 258 g/mol. The lowest BCUT2D eigenvalue weighted by molar-refractivity contribution is 0.598. The highest BCUT2D eigenvalue weighted by atomic mass is 32.1. The molecule has 0 bridgehead atoms. The predicted octanol–water partition coefficient (Wildman–Crippen LogP) is 1.62. The van der Waals surface area contributed by atoms with Gasteiger partial charge in [0.25, 0.3) is 0 Å². The summed E-state index contributed by atoms with van der Waals surface area (Å²) in [5.41, 5.74) is 1.32. The van der Waals surface area contributed by atoms with Gasteiger partial charge < -0.3 is 10.6 Å². The molecule has 0 aliphatic heterocycles. The Morgan fingerprint density at radius 1 is 1.47 bits per heavy atom. The monoisotopic (exact) mass is 277 g/mol. The predicted molar refractivity (Wildman–Crippen MR) is 79.5 cm³/mol. The molecule has 2 aromatic heterocycles. The molecule has 0 saturated heterocycles. The van der Waals surface area contributed by atoms with Gasteiger partial charge in [-0.3, -0.25) is 9.67 Å². The zero-order valence-corrected chi connectivity index (χ0v) is 12.1. The van der Waals surface area contributed by atoms with E-state index in [0.29, 0.717) is 0 Å². The first-order chi connectivity index (χ1) is 9.29. The minimum atomic E-state index is 0.796. The van der Waals surface area contributed by atoms with Gasteiger partial charge in [-0.25, -0.2) is 0 Å². The molecule has 0 spiro atoms. The molecular formula is C13H19N5S. The maximum absolute atomic E-state index is 4.21. The normalized spacial score (nSPS) is 11.6. The van der Waals surface area contributed by atoms with Crippen LogP contribution in [0.25, 0.3) is 0 Å². The number of nitrogens with one attached hydrogen (secondary N) is 2. The van der Waals surface area contributed by atoms with Crippen LogP contribution in [-0.4, -0.2) is 29.3 Å². The van der Waals surface area contributed by atoms with Gasteiger partial charge in [-0.15, -0.1) is 11.3 Å². The molecule has 5 nitrogen and oxygen atoms in total. The number of hydrogen-bond acceptors (Lipinski definition) is 3. The van der Waals surface area contributed by atoms with Crippen molar-refractivity contribution in [3.05, 3.63) is 40.3 Å². The molecule has 2 aromatic rings. The summed E-state index contributed by atoms with van der Waals surface area (Å²) in [4.78, 5) is 5.55. The molecule has 0 saturated carbocycles. The van der Waals surface area contributed by atoms with E-state index in [-0.39, 0.29) is 0 Å². The summed E-state index contributed by atoms with van der Waals surface area (Å²) in [6.07, 6.45) is 3.74. The van der Waals surface area contributed by atoms with Gasteiger partial charge in [-0.05, 0) is 30.0 Å². The van der Waals surface area contributed by atoms with Gasteiger partial charge in [0.1, 0.15) is 0 Å². The summed E-state index contributed by atoms with van der Waals surface area (Å²) >= 11 is 1.76. The molecule has 6 heteroatoms. The largest absolute Gasteiger partial charge is 0.355 e. The smallest absolute Gasteiger partial charge is 0.191 e. The van der Waals surface area contributed by atoms with Crippen molar-refractivity contribution in [1.29, 1.82) is 0 Å². The summed E-state index contributed by atoms with van der Waals surface area (Å²) in [6, 6.07) is 4.06. The number of rotatable bonds is 5. The molecule has 102 valence electrons. The van der Waals surface area contributed by atoms with Gasteiger partial charge in [0.2, 0.25) is 0 Å². The maximum atomic E-state index is 4.21. The number of aromatic nitrogens is 2. The van der Waals surface area contributed by atoms with Gasteiger partial charge in [0, 0.05) is 30.9 Å². The standard InChI is InChI=1S/C13H19N5S/c1-11-4-9-19-12(11)10-16-13(14-2)15-6-8-18-7-3-5-17-18/h3-5,7,9H,6,8,10H2,1-2H3,(H2,14,15,16). The maximum Gasteiger partial charge on any atom is 0.191 e. The second-order valence-electron chi connectivity index (χ2n) is 4.15. The fourth-order valence-corrected chi connectivity index (χ4v) is 2.54. The second kappa shape index (κ2) is 6.94. The summed E-state index contributed by atoms with van der Waals surface area (Å²) < 4.78 is 1.89. The van der Waals surface area contributed by atoms with Crippen LogP contribution in [0.1, 0.15) is 10.4 Å². The van der Waals surface area contributed by atoms with Crippen molar-refractivity contribution in [2.75, 3.05) is 13.6 Å². The van der Waals surface area contributed by atoms with Crippen LogP contribution in [0.5, 0.6) is 0 Å². The van der Waals surface area contributed by atoms with Gasteiger partial charge >= 0.3 is 0 Å². The quantitative estimate of drug-likeness (QED) is 0.645. The Balaban J connectivity index is 1.73. The fraction of sp³-hybridized carbons (Fsp3) is 0.385. The number of aryl methyl sites for hydroxylation is 1. The third-order valence-electron chi connectivity index (χ3n) is 2.80. The first-order valence-corrected chi connectivity index (χ1v) is 7.12. The molecule has 2 heterocycles. The summed E-state index contributed by atoms with van der Waals surface area (Å²) in [6.45, 7) is 4.56. The number of nitrogens with zero attached hydrogens (tertiary/aromatic N) is 3. The second-order valence-corrected chi connectivity index (χ2v) is 5.15. The van der Waals surface area contributed by atoms with Gasteiger partial charge in [0.05, 0.1) is 13.1 Å². The fourth-order valence-electron chi connectivity index (χ4n) is 1.69. The number of thiophene rings is 1. The van der Waals surface area contributed by atoms with E-state index in [4.69, 9.17) is 0 Å². The average molecular weight is 277 g/mol. The first-order valence-electron chi connectivity index (χ1n) is 6.24. The zero-order valence-electron chi connectivity index (χ0n) is 11.3. The number of hydrogen-bond donors (Lipinski definition) is 2. The Kier molecular flexibility index (Phi) is 4.97. The Hall–Kier alpha value is -1.82. The molecule has 0 radical (unpaired) electrons. The van der Waals surface area contributed by atoms with E-state index in [0.717, 1.165) is 25.6 Å². The molecule has 19 heavy (non-hydrogen) atoms. The minimum Gasteiger partial charge on any atom is -0.355 e. The SMILES string of the molecule is CN=C(NCCn1cccn1)NCc1sccc1C. The molecule has 0 aliphatic carbocycles. The average Bonchev–Trinajstić information content (AvgIpc) is 3.05. The van der Waals surface area contributed by atoms with Crippen LogP contribution >= 0.6 is 11.3 Å². The third kappa shape index (κ3) is 4.10. The summed E-state index contributed by atoms with van der Waals surface area (Å²) in [5, 5.41) is 12.9. The highest BCUT2D eigenvalue weighted by molar-refractivity contribution is 7.10. The van der Waals surface area contributed by atoms with Gasteiger partial charge in [-0.2, -0.15) is 5.10 Å². The topological polar surface area (TPSA) is 54.2 Å². The zero-order chi connectivity index (χ0) is 13.5. The van der Waals surface area contributed by atoms with Crippen LogP contribution in [0.2, 0.25) is 0 Å². The Labute approximate surface area is 117 Å². The lowest BCUT2D eigenvalue weighted by Gasteiger charge is -2.11. The third-order valence-corrected chi connectivity index (χ3v) is 3.82. The van der Waals surface area contributed by atoms with Crippen LogP contribution in [-0.2, 0) is 13.1 Å². The highest BCUT2D eigenvalue weighted by Gasteiger charge is 2.01. The van der Waals surface area contributed by atoms with E-state index in [1.807, 2.05) is 16.9 Å². The van der Waals surface area contributed by atoms with Crippen molar-refractivity contribution < 1.29 is 0 Å². The van der Waals surface area contributed by atoms with Gasteiger partial charge in [0.15, 0.2) is 5.96 Å². The van der Waals surface area contributed by atoms with Gasteiger partial charge in [-0.1, -0.05) is 0 Å². The molecule has 0 aromatic carbocycles. The number of aliphatic imine (C=N–C) groups is 1. The van der Waals surface area contributed by atoms with Crippen molar-refractivity contribution in [1.82, 2.24) is 20.4 Å². The van der Waals surface area contributed by atoms with Crippen LogP contribution in [0.15, 0.2) is 34.9 Å². The summed E-state index contributed by atoms with van der Waals surface area (Å²) in [7, 11) is 1.78. The van der Waals surface area contributed by atoms with Crippen molar-refractivity contribution in [3.63, 3.8) is 0 Å². The lowest BCUT2D eigenvalue weighted by atomic mass is 10.3. The van der Waals surface area contributed by atoms with E-state index in [2.05, 4.69) is 39.1 Å². The van der Waals surface area contributed by atoms with E-state index < -0.39 is 0 Å². The van der Waals surface area contributed by atoms with Crippen LogP contribution in [0.4, 0.5) is 0 Å². The lowest BCUT2D eigenvalue weighted by Crippen LogP contribution is -2.38. The first kappa shape index (κ1) is 13.6.